The number of hydrogen-bond acceptors (Lipinski definition) is 11. The first-order valence-electron chi connectivity index (χ1n) is 19.4. The first-order valence-corrected chi connectivity index (χ1v) is 22.8. The van der Waals surface area contributed by atoms with Gasteiger partial charge in [-0.1, -0.05) is 36.4 Å². The predicted molar refractivity (Wildman–Crippen MR) is 253 cm³/mol. The number of hydrogen-bond donors (Lipinski definition) is 6. The Labute approximate surface area is 374 Å². The van der Waals surface area contributed by atoms with Crippen molar-refractivity contribution in [2.75, 3.05) is 75.4 Å². The van der Waals surface area contributed by atoms with E-state index >= 15 is 0 Å². The summed E-state index contributed by atoms with van der Waals surface area (Å²) in [4.78, 5) is 28.2. The standard InChI is InChI=1S/C22H25N5O3S.C17H20ClN3O3S.C5H6N2/c1-24-20-9-8-19(31(29,30)26(2)18-6-4-3-5-7-18)16-21(20)25-22(28)12-15-27-13-10-17(23)11-14-27;1-19-15-9-8-14(12-16(15)20-17(22)10-11-18)25(23,24)21(2)13-6-4-3-5-7-13;6-5-1-3-7-4-2-5/h3-11,13-14,16,23-24H,12,15H2,1-2H3,(H,25,28);3-9,12,19H,10-11H2,1-2H3,(H,20,22);1-4H,(H2,6,7)/p+1. The SMILES string of the molecule is CNc1ccc(S(=O)(=O)N(C)c2ccccc2)cc1NC(=O)CCCl.CNc1ccc(S(=O)(=O)N(C)c2ccccc2)cc1NC(=O)CC[n+]1ccc(N)cc1.Nc1ccncc1. The summed E-state index contributed by atoms with van der Waals surface area (Å²) in [7, 11) is -1.17. The van der Waals surface area contributed by atoms with Gasteiger partial charge in [0.1, 0.15) is 0 Å². The van der Waals surface area contributed by atoms with Crippen LogP contribution in [0.25, 0.3) is 0 Å². The maximum atomic E-state index is 13.1. The molecule has 16 nitrogen and oxygen atoms in total. The lowest BCUT2D eigenvalue weighted by Crippen LogP contribution is -2.34. The van der Waals surface area contributed by atoms with Crippen LogP contribution in [-0.2, 0) is 36.2 Å². The van der Waals surface area contributed by atoms with E-state index < -0.39 is 20.0 Å². The summed E-state index contributed by atoms with van der Waals surface area (Å²) in [6, 6.07) is 33.8. The second-order valence-electron chi connectivity index (χ2n) is 13.5. The lowest BCUT2D eigenvalue weighted by Gasteiger charge is -2.20. The zero-order valence-electron chi connectivity index (χ0n) is 35.3. The number of pyridine rings is 2. The minimum atomic E-state index is -3.80. The van der Waals surface area contributed by atoms with Gasteiger partial charge in [0.05, 0.1) is 50.3 Å². The van der Waals surface area contributed by atoms with Crippen LogP contribution < -0.4 is 45.9 Å². The number of sulfonamides is 2. The molecule has 63 heavy (non-hydrogen) atoms. The van der Waals surface area contributed by atoms with Crippen LogP contribution in [0.3, 0.4) is 0 Å². The third kappa shape index (κ3) is 14.1. The molecule has 0 bridgehead atoms. The molecule has 2 aromatic heterocycles. The molecule has 8 N–H and O–H groups in total. The zero-order chi connectivity index (χ0) is 46.0. The summed E-state index contributed by atoms with van der Waals surface area (Å²) in [5.41, 5.74) is 15.5. The first-order chi connectivity index (χ1) is 30.1. The van der Waals surface area contributed by atoms with Crippen molar-refractivity contribution in [2.45, 2.75) is 29.2 Å². The van der Waals surface area contributed by atoms with Gasteiger partial charge in [-0.15, -0.1) is 11.6 Å². The molecule has 0 saturated carbocycles. The highest BCUT2D eigenvalue weighted by Gasteiger charge is 2.24. The number of nitrogens with one attached hydrogen (secondary N) is 4. The van der Waals surface area contributed by atoms with E-state index in [0.29, 0.717) is 46.4 Å². The third-order valence-electron chi connectivity index (χ3n) is 9.17. The molecule has 6 aromatic rings. The van der Waals surface area contributed by atoms with Crippen molar-refractivity contribution >= 4 is 89.0 Å². The summed E-state index contributed by atoms with van der Waals surface area (Å²) in [5, 5.41) is 11.4. The summed E-state index contributed by atoms with van der Waals surface area (Å²) in [6.45, 7) is 0.468. The number of aryl methyl sites for hydroxylation is 1. The van der Waals surface area contributed by atoms with Crippen molar-refractivity contribution in [2.24, 2.45) is 0 Å². The lowest BCUT2D eigenvalue weighted by molar-refractivity contribution is -0.695. The fourth-order valence-electron chi connectivity index (χ4n) is 5.60. The number of carbonyl (C=O) groups excluding carboxylic acids is 2. The Morgan fingerprint density at radius 1 is 0.603 bits per heavy atom. The van der Waals surface area contributed by atoms with Crippen LogP contribution in [0.1, 0.15) is 12.8 Å². The molecule has 0 fully saturated rings. The monoisotopic (exact) mass is 915 g/mol. The quantitative estimate of drug-likeness (QED) is 0.0500. The number of halogens is 1. The smallest absolute Gasteiger partial charge is 0.264 e. The normalized spacial score (nSPS) is 10.7. The molecule has 0 saturated heterocycles. The second-order valence-corrected chi connectivity index (χ2v) is 17.8. The van der Waals surface area contributed by atoms with Gasteiger partial charge in [0.25, 0.3) is 20.0 Å². The molecule has 0 aliphatic heterocycles. The maximum absolute atomic E-state index is 13.1. The Balaban J connectivity index is 0.000000243. The molecule has 332 valence electrons. The number of para-hydroxylation sites is 2. The fourth-order valence-corrected chi connectivity index (χ4v) is 8.22. The Morgan fingerprint density at radius 2 is 1.02 bits per heavy atom. The molecule has 0 spiro atoms. The Bertz CT molecular complexity index is 2630. The van der Waals surface area contributed by atoms with E-state index in [9.17, 15) is 26.4 Å². The summed E-state index contributed by atoms with van der Waals surface area (Å²) < 4.78 is 56.2. The number of carbonyl (C=O) groups is 2. The molecule has 2 heterocycles. The van der Waals surface area contributed by atoms with Gasteiger partial charge in [-0.3, -0.25) is 23.2 Å². The van der Waals surface area contributed by atoms with Gasteiger partial charge in [0.15, 0.2) is 18.9 Å². The average molecular weight is 917 g/mol. The van der Waals surface area contributed by atoms with Gasteiger partial charge in [0.2, 0.25) is 11.8 Å². The summed E-state index contributed by atoms with van der Waals surface area (Å²) >= 11 is 5.57. The van der Waals surface area contributed by atoms with Crippen LogP contribution in [-0.4, -0.2) is 67.7 Å². The molecular weight excluding hydrogens is 864 g/mol. The van der Waals surface area contributed by atoms with Crippen LogP contribution in [0.2, 0.25) is 0 Å². The van der Waals surface area contributed by atoms with Gasteiger partial charge in [-0.25, -0.2) is 21.4 Å². The Morgan fingerprint density at radius 3 is 1.40 bits per heavy atom. The number of aromatic nitrogens is 2. The Kier molecular flexibility index (Phi) is 18.1. The van der Waals surface area contributed by atoms with Crippen molar-refractivity contribution < 1.29 is 31.0 Å². The van der Waals surface area contributed by atoms with Crippen molar-refractivity contribution in [3.63, 3.8) is 0 Å². The van der Waals surface area contributed by atoms with E-state index in [2.05, 4.69) is 26.3 Å². The minimum Gasteiger partial charge on any atom is -0.399 e. The average Bonchev–Trinajstić information content (AvgIpc) is 3.29. The van der Waals surface area contributed by atoms with Crippen molar-refractivity contribution in [1.82, 2.24) is 4.98 Å². The molecule has 6 rings (SSSR count). The lowest BCUT2D eigenvalue weighted by atomic mass is 10.2. The van der Waals surface area contributed by atoms with E-state index in [1.54, 1.807) is 124 Å². The van der Waals surface area contributed by atoms with Crippen LogP contribution >= 0.6 is 11.6 Å². The number of alkyl halides is 1. The molecule has 0 unspecified atom stereocenters. The van der Waals surface area contributed by atoms with Crippen molar-refractivity contribution in [1.29, 1.82) is 0 Å². The van der Waals surface area contributed by atoms with E-state index in [4.69, 9.17) is 23.1 Å². The molecule has 2 amide bonds. The molecule has 0 atom stereocenters. The third-order valence-corrected chi connectivity index (χ3v) is 12.9. The van der Waals surface area contributed by atoms with Crippen LogP contribution in [0.4, 0.5) is 45.5 Å². The highest BCUT2D eigenvalue weighted by atomic mass is 35.5. The number of nitrogens with two attached hydrogens (primary N) is 2. The highest BCUT2D eigenvalue weighted by molar-refractivity contribution is 7.93. The molecule has 19 heteroatoms. The van der Waals surface area contributed by atoms with E-state index in [0.717, 1.165) is 5.69 Å². The number of anilines is 8. The number of nitrogens with zero attached hydrogens (tertiary/aromatic N) is 4. The zero-order valence-corrected chi connectivity index (χ0v) is 37.7. The van der Waals surface area contributed by atoms with Gasteiger partial charge in [0, 0.05) is 76.4 Å². The second kappa shape index (κ2) is 23.4. The van der Waals surface area contributed by atoms with Crippen LogP contribution in [0, 0.1) is 0 Å². The van der Waals surface area contributed by atoms with Crippen LogP contribution in [0.5, 0.6) is 0 Å². The number of amides is 2. The first kappa shape index (κ1) is 48.8. The molecule has 0 aliphatic rings. The fraction of sp³-hybridized carbons (Fsp3) is 0.182. The molecule has 4 aromatic carbocycles. The van der Waals surface area contributed by atoms with Gasteiger partial charge < -0.3 is 32.7 Å². The topological polar surface area (TPSA) is 226 Å². The molecule has 0 radical (unpaired) electrons. The Hall–Kier alpha value is -6.89. The minimum absolute atomic E-state index is 0.0824. The highest BCUT2D eigenvalue weighted by Crippen LogP contribution is 2.30. The van der Waals surface area contributed by atoms with Gasteiger partial charge in [-0.2, -0.15) is 0 Å². The summed E-state index contributed by atoms with van der Waals surface area (Å²) in [6.07, 6.45) is 7.29. The maximum Gasteiger partial charge on any atom is 0.264 e. The van der Waals surface area contributed by atoms with Crippen molar-refractivity contribution in [3.05, 3.63) is 146 Å². The van der Waals surface area contributed by atoms with Crippen molar-refractivity contribution in [3.8, 4) is 0 Å². The number of nitrogen functional groups attached to an aromatic ring is 2. The van der Waals surface area contributed by atoms with E-state index in [1.165, 1.54) is 47.0 Å². The van der Waals surface area contributed by atoms with E-state index in [-0.39, 0.29) is 40.3 Å². The number of benzene rings is 4. The van der Waals surface area contributed by atoms with Crippen LogP contribution in [0.15, 0.2) is 156 Å². The molecular formula is C44H52ClN10O6S2+. The van der Waals surface area contributed by atoms with E-state index in [1.807, 2.05) is 16.7 Å². The number of rotatable bonds is 15. The predicted octanol–water partition coefficient (Wildman–Crippen LogP) is 6.24. The van der Waals surface area contributed by atoms with Gasteiger partial charge >= 0.3 is 0 Å². The van der Waals surface area contributed by atoms with Gasteiger partial charge in [-0.05, 0) is 72.8 Å². The summed E-state index contributed by atoms with van der Waals surface area (Å²) in [5.74, 6) is -0.320. The largest absolute Gasteiger partial charge is 0.399 e. The molecule has 0 aliphatic carbocycles.